The molecule has 1 heterocycles. The maximum atomic E-state index is 4.21. The van der Waals surface area contributed by atoms with E-state index in [0.717, 1.165) is 19.4 Å². The molecule has 0 aliphatic carbocycles. The molecule has 0 radical (unpaired) electrons. The molecule has 0 spiro atoms. The van der Waals surface area contributed by atoms with Crippen molar-refractivity contribution in [2.75, 3.05) is 6.54 Å². The Kier molecular flexibility index (Phi) is 5.10. The van der Waals surface area contributed by atoms with Crippen LogP contribution in [0.3, 0.4) is 0 Å². The van der Waals surface area contributed by atoms with Crippen LogP contribution in [-0.4, -0.2) is 11.5 Å². The third-order valence-electron chi connectivity index (χ3n) is 3.42. The molecule has 1 unspecified atom stereocenters. The van der Waals surface area contributed by atoms with Crippen molar-refractivity contribution in [3.63, 3.8) is 0 Å². The standard InChI is InChI=1S/C17H22N2/c1-3-15-9-5-6-10-16(15)17(19-4-2)12-14-8-7-11-18-13-14/h5-11,13,17,19H,3-4,12H2,1-2H3. The summed E-state index contributed by atoms with van der Waals surface area (Å²) >= 11 is 0. The average Bonchev–Trinajstić information content (AvgIpc) is 2.48. The lowest BCUT2D eigenvalue weighted by molar-refractivity contribution is 0.545. The van der Waals surface area contributed by atoms with Crippen LogP contribution in [0.5, 0.6) is 0 Å². The zero-order chi connectivity index (χ0) is 13.5. The number of aryl methyl sites for hydroxylation is 1. The summed E-state index contributed by atoms with van der Waals surface area (Å²) in [6.45, 7) is 5.35. The van der Waals surface area contributed by atoms with Gasteiger partial charge in [0.1, 0.15) is 0 Å². The van der Waals surface area contributed by atoms with Gasteiger partial charge in [-0.3, -0.25) is 4.98 Å². The van der Waals surface area contributed by atoms with Gasteiger partial charge in [-0.15, -0.1) is 0 Å². The van der Waals surface area contributed by atoms with E-state index in [4.69, 9.17) is 0 Å². The van der Waals surface area contributed by atoms with Gasteiger partial charge in [0.2, 0.25) is 0 Å². The predicted octanol–water partition coefficient (Wildman–Crippen LogP) is 3.54. The van der Waals surface area contributed by atoms with E-state index in [1.54, 1.807) is 0 Å². The number of likely N-dealkylation sites (N-methyl/N-ethyl adjacent to an activating group) is 1. The first kappa shape index (κ1) is 13.8. The van der Waals surface area contributed by atoms with Crippen LogP contribution in [0.25, 0.3) is 0 Å². The molecule has 1 N–H and O–H groups in total. The number of nitrogens with one attached hydrogen (secondary N) is 1. The Bertz CT molecular complexity index is 494. The van der Waals surface area contributed by atoms with Gasteiger partial charge in [-0.1, -0.05) is 44.2 Å². The van der Waals surface area contributed by atoms with Gasteiger partial charge in [0.25, 0.3) is 0 Å². The molecule has 2 heteroatoms. The summed E-state index contributed by atoms with van der Waals surface area (Å²) < 4.78 is 0. The van der Waals surface area contributed by atoms with Crippen molar-refractivity contribution in [1.29, 1.82) is 0 Å². The summed E-state index contributed by atoms with van der Waals surface area (Å²) in [5, 5.41) is 3.59. The Morgan fingerprint density at radius 1 is 1.11 bits per heavy atom. The molecule has 1 atom stereocenters. The molecular weight excluding hydrogens is 232 g/mol. The number of hydrogen-bond acceptors (Lipinski definition) is 2. The van der Waals surface area contributed by atoms with Crippen LogP contribution in [0.15, 0.2) is 48.8 Å². The number of aromatic nitrogens is 1. The Balaban J connectivity index is 2.24. The molecule has 0 bridgehead atoms. The van der Waals surface area contributed by atoms with Crippen LogP contribution in [0, 0.1) is 0 Å². The van der Waals surface area contributed by atoms with Crippen LogP contribution in [0.4, 0.5) is 0 Å². The molecule has 100 valence electrons. The van der Waals surface area contributed by atoms with Crippen molar-refractivity contribution in [3.8, 4) is 0 Å². The average molecular weight is 254 g/mol. The molecule has 0 aliphatic heterocycles. The molecule has 2 rings (SSSR count). The molecule has 0 amide bonds. The fourth-order valence-electron chi connectivity index (χ4n) is 2.49. The normalized spacial score (nSPS) is 12.3. The molecule has 0 saturated carbocycles. The second-order valence-corrected chi connectivity index (χ2v) is 4.73. The summed E-state index contributed by atoms with van der Waals surface area (Å²) in [4.78, 5) is 4.21. The third-order valence-corrected chi connectivity index (χ3v) is 3.42. The van der Waals surface area contributed by atoms with Gasteiger partial charge in [-0.05, 0) is 42.1 Å². The van der Waals surface area contributed by atoms with E-state index >= 15 is 0 Å². The largest absolute Gasteiger partial charge is 0.310 e. The fourth-order valence-corrected chi connectivity index (χ4v) is 2.49. The van der Waals surface area contributed by atoms with Gasteiger partial charge in [0.15, 0.2) is 0 Å². The lowest BCUT2D eigenvalue weighted by Gasteiger charge is -2.21. The summed E-state index contributed by atoms with van der Waals surface area (Å²) in [5.41, 5.74) is 4.12. The van der Waals surface area contributed by atoms with E-state index in [-0.39, 0.29) is 0 Å². The quantitative estimate of drug-likeness (QED) is 0.853. The smallest absolute Gasteiger partial charge is 0.0364 e. The van der Waals surface area contributed by atoms with Gasteiger partial charge < -0.3 is 5.32 Å². The van der Waals surface area contributed by atoms with Crippen LogP contribution in [0.2, 0.25) is 0 Å². The van der Waals surface area contributed by atoms with Gasteiger partial charge in [0.05, 0.1) is 0 Å². The molecule has 1 aromatic heterocycles. The highest BCUT2D eigenvalue weighted by Crippen LogP contribution is 2.22. The zero-order valence-electron chi connectivity index (χ0n) is 11.8. The highest BCUT2D eigenvalue weighted by atomic mass is 14.9. The lowest BCUT2D eigenvalue weighted by Crippen LogP contribution is -2.24. The first-order valence-electron chi connectivity index (χ1n) is 7.05. The van der Waals surface area contributed by atoms with Crippen molar-refractivity contribution in [2.45, 2.75) is 32.7 Å². The first-order chi connectivity index (χ1) is 9.35. The Labute approximate surface area is 115 Å². The number of nitrogens with zero attached hydrogens (tertiary/aromatic N) is 1. The highest BCUT2D eigenvalue weighted by Gasteiger charge is 2.13. The van der Waals surface area contributed by atoms with Gasteiger partial charge >= 0.3 is 0 Å². The molecule has 0 saturated heterocycles. The maximum absolute atomic E-state index is 4.21. The number of hydrogen-bond donors (Lipinski definition) is 1. The molecule has 1 aromatic carbocycles. The van der Waals surface area contributed by atoms with E-state index in [2.05, 4.69) is 54.5 Å². The van der Waals surface area contributed by atoms with Crippen molar-refractivity contribution >= 4 is 0 Å². The summed E-state index contributed by atoms with van der Waals surface area (Å²) in [6, 6.07) is 13.2. The van der Waals surface area contributed by atoms with E-state index < -0.39 is 0 Å². The summed E-state index contributed by atoms with van der Waals surface area (Å²) in [6.07, 6.45) is 5.84. The monoisotopic (exact) mass is 254 g/mol. The van der Waals surface area contributed by atoms with Crippen LogP contribution in [-0.2, 0) is 12.8 Å². The minimum atomic E-state index is 0.366. The minimum Gasteiger partial charge on any atom is -0.310 e. The zero-order valence-corrected chi connectivity index (χ0v) is 11.8. The van der Waals surface area contributed by atoms with Crippen molar-refractivity contribution in [3.05, 3.63) is 65.5 Å². The lowest BCUT2D eigenvalue weighted by atomic mass is 9.94. The van der Waals surface area contributed by atoms with Crippen molar-refractivity contribution < 1.29 is 0 Å². The molecule has 19 heavy (non-hydrogen) atoms. The number of benzene rings is 1. The molecular formula is C17H22N2. The van der Waals surface area contributed by atoms with Gasteiger partial charge in [-0.25, -0.2) is 0 Å². The summed E-state index contributed by atoms with van der Waals surface area (Å²) in [7, 11) is 0. The highest BCUT2D eigenvalue weighted by molar-refractivity contribution is 5.31. The van der Waals surface area contributed by atoms with Crippen molar-refractivity contribution in [2.24, 2.45) is 0 Å². The molecule has 0 aliphatic rings. The molecule has 2 aromatic rings. The van der Waals surface area contributed by atoms with Crippen molar-refractivity contribution in [1.82, 2.24) is 10.3 Å². The van der Waals surface area contributed by atoms with Crippen LogP contribution >= 0.6 is 0 Å². The first-order valence-corrected chi connectivity index (χ1v) is 7.05. The van der Waals surface area contributed by atoms with E-state index in [9.17, 15) is 0 Å². The van der Waals surface area contributed by atoms with Gasteiger partial charge in [-0.2, -0.15) is 0 Å². The SMILES string of the molecule is CCNC(Cc1cccnc1)c1ccccc1CC. The van der Waals surface area contributed by atoms with E-state index in [1.165, 1.54) is 16.7 Å². The molecule has 2 nitrogen and oxygen atoms in total. The van der Waals surface area contributed by atoms with Crippen LogP contribution in [0.1, 0.15) is 36.6 Å². The third kappa shape index (κ3) is 3.65. The Hall–Kier alpha value is -1.67. The van der Waals surface area contributed by atoms with Gasteiger partial charge in [0, 0.05) is 18.4 Å². The maximum Gasteiger partial charge on any atom is 0.0364 e. The number of pyridine rings is 1. The second-order valence-electron chi connectivity index (χ2n) is 4.73. The Morgan fingerprint density at radius 2 is 1.95 bits per heavy atom. The molecule has 0 fully saturated rings. The second kappa shape index (κ2) is 7.05. The minimum absolute atomic E-state index is 0.366. The summed E-state index contributed by atoms with van der Waals surface area (Å²) in [5.74, 6) is 0. The predicted molar refractivity (Wildman–Crippen MR) is 80.2 cm³/mol. The van der Waals surface area contributed by atoms with Crippen LogP contribution < -0.4 is 5.32 Å². The van der Waals surface area contributed by atoms with E-state index in [1.807, 2.05) is 18.5 Å². The number of rotatable bonds is 6. The fraction of sp³-hybridized carbons (Fsp3) is 0.353. The topological polar surface area (TPSA) is 24.9 Å². The van der Waals surface area contributed by atoms with E-state index in [0.29, 0.717) is 6.04 Å². The Morgan fingerprint density at radius 3 is 2.63 bits per heavy atom.